The van der Waals surface area contributed by atoms with E-state index in [9.17, 15) is 13.2 Å². The van der Waals surface area contributed by atoms with Gasteiger partial charge in [0.1, 0.15) is 0 Å². The number of rotatable bonds is 1. The summed E-state index contributed by atoms with van der Waals surface area (Å²) in [6.45, 7) is 4.34. The molecule has 0 spiro atoms. The van der Waals surface area contributed by atoms with E-state index in [1.807, 2.05) is 0 Å². The number of nitrogens with zero attached hydrogens (tertiary/aromatic N) is 1. The van der Waals surface area contributed by atoms with E-state index in [2.05, 4.69) is 4.98 Å². The van der Waals surface area contributed by atoms with Crippen LogP contribution >= 0.6 is 11.6 Å². The highest BCUT2D eigenvalue weighted by atomic mass is 35.5. The average molecular weight is 252 g/mol. The number of alkyl halides is 4. The van der Waals surface area contributed by atoms with Crippen LogP contribution in [0.1, 0.15) is 26.5 Å². The lowest BCUT2D eigenvalue weighted by Crippen LogP contribution is -2.48. The van der Waals surface area contributed by atoms with Gasteiger partial charge in [0.25, 0.3) is 0 Å². The molecule has 0 amide bonds. The molecular weight excluding hydrogens is 239 g/mol. The molecule has 0 radical (unpaired) electrons. The van der Waals surface area contributed by atoms with E-state index >= 15 is 0 Å². The molecule has 0 bridgehead atoms. The van der Waals surface area contributed by atoms with Gasteiger partial charge in [0.15, 0.2) is 4.87 Å². The van der Waals surface area contributed by atoms with Gasteiger partial charge < -0.3 is 0 Å². The lowest BCUT2D eigenvalue weighted by molar-refractivity contribution is -0.190. The molecule has 90 valence electrons. The van der Waals surface area contributed by atoms with Crippen LogP contribution in [-0.2, 0) is 4.87 Å². The zero-order valence-electron chi connectivity index (χ0n) is 9.27. The van der Waals surface area contributed by atoms with Crippen LogP contribution in [0, 0.1) is 5.41 Å². The molecule has 1 rings (SSSR count). The Bertz CT molecular complexity index is 340. The fourth-order valence-corrected chi connectivity index (χ4v) is 1.63. The van der Waals surface area contributed by atoms with Crippen molar-refractivity contribution >= 4 is 11.6 Å². The van der Waals surface area contributed by atoms with E-state index in [4.69, 9.17) is 11.6 Å². The molecule has 1 aromatic rings. The summed E-state index contributed by atoms with van der Waals surface area (Å²) in [5.41, 5.74) is -1.35. The Labute approximate surface area is 97.6 Å². The lowest BCUT2D eigenvalue weighted by Gasteiger charge is -2.40. The highest BCUT2D eigenvalue weighted by Gasteiger charge is 2.62. The van der Waals surface area contributed by atoms with E-state index in [1.165, 1.54) is 39.1 Å². The highest BCUT2D eigenvalue weighted by Crippen LogP contribution is 2.54. The summed E-state index contributed by atoms with van der Waals surface area (Å²) in [5.74, 6) is 0. The number of aromatic nitrogens is 1. The average Bonchev–Trinajstić information content (AvgIpc) is 2.14. The van der Waals surface area contributed by atoms with Crippen molar-refractivity contribution in [1.29, 1.82) is 0 Å². The van der Waals surface area contributed by atoms with Gasteiger partial charge in [-0.2, -0.15) is 13.2 Å². The van der Waals surface area contributed by atoms with Gasteiger partial charge in [0.05, 0.1) is 5.69 Å². The van der Waals surface area contributed by atoms with Crippen molar-refractivity contribution in [2.24, 2.45) is 5.41 Å². The molecular formula is C11H13ClF3N. The summed E-state index contributed by atoms with van der Waals surface area (Å²) in [6, 6.07) is 4.35. The fraction of sp³-hybridized carbons (Fsp3) is 0.545. The maximum atomic E-state index is 13.1. The molecule has 1 atom stereocenters. The predicted octanol–water partition coefficient (Wildman–Crippen LogP) is 4.12. The Morgan fingerprint density at radius 1 is 1.12 bits per heavy atom. The Balaban J connectivity index is 3.39. The fourth-order valence-electron chi connectivity index (χ4n) is 1.52. The first kappa shape index (κ1) is 13.3. The molecule has 1 unspecified atom stereocenters. The minimum Gasteiger partial charge on any atom is -0.259 e. The van der Waals surface area contributed by atoms with E-state index < -0.39 is 16.5 Å². The first-order valence-electron chi connectivity index (χ1n) is 4.78. The van der Waals surface area contributed by atoms with Crippen molar-refractivity contribution in [2.75, 3.05) is 0 Å². The van der Waals surface area contributed by atoms with Crippen molar-refractivity contribution in [3.8, 4) is 0 Å². The highest BCUT2D eigenvalue weighted by molar-refractivity contribution is 6.25. The summed E-state index contributed by atoms with van der Waals surface area (Å²) < 4.78 is 39.3. The summed E-state index contributed by atoms with van der Waals surface area (Å²) in [5, 5.41) is 0. The summed E-state index contributed by atoms with van der Waals surface area (Å²) in [7, 11) is 0. The molecule has 1 aromatic heterocycles. The maximum Gasteiger partial charge on any atom is 0.413 e. The summed E-state index contributed by atoms with van der Waals surface area (Å²) >= 11 is 5.83. The van der Waals surface area contributed by atoms with Gasteiger partial charge in [-0.3, -0.25) is 4.98 Å². The van der Waals surface area contributed by atoms with Gasteiger partial charge in [-0.05, 0) is 17.5 Å². The second-order valence-electron chi connectivity index (χ2n) is 4.62. The van der Waals surface area contributed by atoms with Crippen molar-refractivity contribution in [3.05, 3.63) is 30.1 Å². The van der Waals surface area contributed by atoms with Gasteiger partial charge >= 0.3 is 6.18 Å². The van der Waals surface area contributed by atoms with Crippen molar-refractivity contribution in [2.45, 2.75) is 31.8 Å². The van der Waals surface area contributed by atoms with Crippen molar-refractivity contribution in [3.63, 3.8) is 0 Å². The molecule has 0 N–H and O–H groups in total. The van der Waals surface area contributed by atoms with E-state index in [1.54, 1.807) is 6.07 Å². The number of hydrogen-bond acceptors (Lipinski definition) is 1. The van der Waals surface area contributed by atoms with Gasteiger partial charge in [-0.1, -0.05) is 26.8 Å². The molecule has 1 nitrogen and oxygen atoms in total. The van der Waals surface area contributed by atoms with Crippen LogP contribution < -0.4 is 0 Å². The molecule has 16 heavy (non-hydrogen) atoms. The van der Waals surface area contributed by atoms with Gasteiger partial charge in [-0.15, -0.1) is 11.6 Å². The first-order chi connectivity index (χ1) is 7.11. The van der Waals surface area contributed by atoms with Crippen LogP contribution in [0.4, 0.5) is 13.2 Å². The largest absolute Gasteiger partial charge is 0.413 e. The van der Waals surface area contributed by atoms with Crippen LogP contribution in [-0.4, -0.2) is 11.2 Å². The minimum atomic E-state index is -4.55. The number of hydrogen-bond donors (Lipinski definition) is 0. The van der Waals surface area contributed by atoms with Crippen molar-refractivity contribution in [1.82, 2.24) is 4.98 Å². The molecule has 1 heterocycles. The third kappa shape index (κ3) is 2.03. The number of pyridine rings is 1. The van der Waals surface area contributed by atoms with E-state index in [-0.39, 0.29) is 5.69 Å². The smallest absolute Gasteiger partial charge is 0.259 e. The van der Waals surface area contributed by atoms with Gasteiger partial charge in [0, 0.05) is 6.20 Å². The number of halogens is 4. The normalized spacial score (nSPS) is 16.9. The van der Waals surface area contributed by atoms with Crippen LogP contribution in [0.15, 0.2) is 24.4 Å². The molecule has 5 heteroatoms. The van der Waals surface area contributed by atoms with Crippen LogP contribution in [0.5, 0.6) is 0 Å². The Morgan fingerprint density at radius 2 is 1.69 bits per heavy atom. The molecule has 0 fully saturated rings. The van der Waals surface area contributed by atoms with E-state index in [0.29, 0.717) is 0 Å². The first-order valence-corrected chi connectivity index (χ1v) is 5.15. The van der Waals surface area contributed by atoms with Crippen LogP contribution in [0.3, 0.4) is 0 Å². The third-order valence-electron chi connectivity index (χ3n) is 2.44. The second-order valence-corrected chi connectivity index (χ2v) is 5.19. The molecule has 0 aliphatic carbocycles. The molecule has 0 aromatic carbocycles. The van der Waals surface area contributed by atoms with Gasteiger partial charge in [0.2, 0.25) is 0 Å². The summed E-state index contributed by atoms with van der Waals surface area (Å²) in [6.07, 6.45) is -3.24. The molecule has 0 saturated carbocycles. The van der Waals surface area contributed by atoms with E-state index in [0.717, 1.165) is 0 Å². The third-order valence-corrected chi connectivity index (χ3v) is 3.42. The Kier molecular flexibility index (Phi) is 3.25. The maximum absolute atomic E-state index is 13.1. The zero-order chi connectivity index (χ0) is 12.6. The Hall–Kier alpha value is -0.770. The van der Waals surface area contributed by atoms with Crippen LogP contribution in [0.2, 0.25) is 0 Å². The zero-order valence-corrected chi connectivity index (χ0v) is 10.0. The Morgan fingerprint density at radius 3 is 2.00 bits per heavy atom. The molecule has 0 aliphatic rings. The monoisotopic (exact) mass is 251 g/mol. The second kappa shape index (κ2) is 3.91. The lowest BCUT2D eigenvalue weighted by atomic mass is 9.77. The molecule has 0 saturated heterocycles. The molecule has 0 aliphatic heterocycles. The standard InChI is InChI=1S/C11H13ClF3N/c1-9(2,3)10(12,11(13,14)15)8-6-4-5-7-16-8/h4-7H,1-3H3. The van der Waals surface area contributed by atoms with Crippen LogP contribution in [0.25, 0.3) is 0 Å². The summed E-state index contributed by atoms with van der Waals surface area (Å²) in [4.78, 5) is 1.26. The SMILES string of the molecule is CC(C)(C)C(Cl)(c1ccccn1)C(F)(F)F. The minimum absolute atomic E-state index is 0.170. The van der Waals surface area contributed by atoms with Gasteiger partial charge in [-0.25, -0.2) is 0 Å². The topological polar surface area (TPSA) is 12.9 Å². The predicted molar refractivity (Wildman–Crippen MR) is 57.3 cm³/mol. The quantitative estimate of drug-likeness (QED) is 0.684. The van der Waals surface area contributed by atoms with Crippen molar-refractivity contribution < 1.29 is 13.2 Å².